The van der Waals surface area contributed by atoms with Crippen LogP contribution in [0, 0.1) is 11.8 Å². The Hall–Kier alpha value is -3.19. The quantitative estimate of drug-likeness (QED) is 0.0224. The lowest BCUT2D eigenvalue weighted by Gasteiger charge is -2.45. The third-order valence-electron chi connectivity index (χ3n) is 14.2. The summed E-state index contributed by atoms with van der Waals surface area (Å²) in [7, 11) is 2.11. The summed E-state index contributed by atoms with van der Waals surface area (Å²) in [5.74, 6) is 6.39. The number of unbranched alkanes of at least 4 members (excludes halogenated alkanes) is 7. The van der Waals surface area contributed by atoms with E-state index in [0.717, 1.165) is 64.2 Å². The van der Waals surface area contributed by atoms with E-state index in [-0.39, 0.29) is 86.3 Å². The Bertz CT molecular complexity index is 1850. The molecule has 3 heterocycles. The van der Waals surface area contributed by atoms with Crippen molar-refractivity contribution in [2.45, 2.75) is 217 Å². The number of rotatable bonds is 33. The first-order valence-electron chi connectivity index (χ1n) is 27.0. The summed E-state index contributed by atoms with van der Waals surface area (Å²) >= 11 is 0. The highest BCUT2D eigenvalue weighted by molar-refractivity contribution is 6.99. The van der Waals surface area contributed by atoms with Crippen LogP contribution in [0.2, 0.25) is 5.04 Å². The number of allylic oxidation sites excluding steroid dienone is 2. The molecule has 0 radical (unpaired) electrons. The van der Waals surface area contributed by atoms with Gasteiger partial charge in [0.2, 0.25) is 0 Å². The summed E-state index contributed by atoms with van der Waals surface area (Å²) in [6.45, 7) is 11.7. The highest BCUT2D eigenvalue weighted by Gasteiger charge is 2.51. The Labute approximate surface area is 429 Å². The Balaban J connectivity index is 1.17. The molecule has 2 aromatic carbocycles. The molecule has 0 amide bonds. The number of cyclic esters (lactones) is 1. The lowest BCUT2D eigenvalue weighted by Crippen LogP contribution is -2.67. The van der Waals surface area contributed by atoms with Gasteiger partial charge in [-0.2, -0.15) is 0 Å². The molecule has 0 aromatic heterocycles. The molecule has 0 spiro atoms. The first kappa shape index (κ1) is 58.7. The highest BCUT2D eigenvalue weighted by atomic mass is 28.4. The Morgan fingerprint density at radius 3 is 1.92 bits per heavy atom. The van der Waals surface area contributed by atoms with Gasteiger partial charge in [0, 0.05) is 39.7 Å². The summed E-state index contributed by atoms with van der Waals surface area (Å²) in [4.78, 5) is 12.9. The van der Waals surface area contributed by atoms with Crippen LogP contribution >= 0.6 is 0 Å². The maximum atomic E-state index is 12.9. The fourth-order valence-corrected chi connectivity index (χ4v) is 15.3. The van der Waals surface area contributed by atoms with Gasteiger partial charge in [-0.05, 0) is 92.3 Å². The smallest absolute Gasteiger partial charge is 0.334 e. The van der Waals surface area contributed by atoms with Crippen LogP contribution in [0.25, 0.3) is 0 Å². The van der Waals surface area contributed by atoms with Gasteiger partial charge in [-0.25, -0.2) is 4.79 Å². The average Bonchev–Trinajstić information content (AvgIpc) is 3.98. The zero-order valence-electron chi connectivity index (χ0n) is 44.7. The van der Waals surface area contributed by atoms with Crippen molar-refractivity contribution in [2.24, 2.45) is 0 Å². The minimum atomic E-state index is -2.87. The molecule has 3 aliphatic heterocycles. The van der Waals surface area contributed by atoms with E-state index in [4.69, 9.17) is 47.1 Å². The second-order valence-electron chi connectivity index (χ2n) is 20.8. The van der Waals surface area contributed by atoms with Gasteiger partial charge in [0.1, 0.15) is 26.5 Å². The van der Waals surface area contributed by atoms with Gasteiger partial charge in [-0.3, -0.25) is 0 Å². The normalized spacial score (nSPS) is 23.0. The highest BCUT2D eigenvalue weighted by Crippen LogP contribution is 2.39. The molecule has 2 aromatic rings. The Morgan fingerprint density at radius 1 is 0.746 bits per heavy atom. The maximum absolute atomic E-state index is 12.9. The number of hydrogen-bond donors (Lipinski definition) is 0. The summed E-state index contributed by atoms with van der Waals surface area (Å²) in [6, 6.07) is 21.3. The van der Waals surface area contributed by atoms with E-state index in [9.17, 15) is 4.79 Å². The van der Waals surface area contributed by atoms with Crippen LogP contribution in [-0.2, 0) is 51.9 Å². The molecule has 12 heteroatoms. The molecule has 0 unspecified atom stereocenters. The summed E-state index contributed by atoms with van der Waals surface area (Å²) in [5.41, 5.74) is 0.687. The fourth-order valence-electron chi connectivity index (χ4n) is 10.6. The minimum absolute atomic E-state index is 0.00417. The van der Waals surface area contributed by atoms with E-state index >= 15 is 0 Å². The zero-order chi connectivity index (χ0) is 50.7. The number of methoxy groups -OCH3 is 3. The minimum Gasteiger partial charge on any atom is -0.455 e. The molecule has 3 aliphatic rings. The van der Waals surface area contributed by atoms with Crippen LogP contribution in [0.4, 0.5) is 0 Å². The monoisotopic (exact) mass is 1000 g/mol. The van der Waals surface area contributed by atoms with Crippen molar-refractivity contribution in [3.63, 3.8) is 0 Å². The molecular formula is C59H90O11Si. The molecule has 0 bridgehead atoms. The van der Waals surface area contributed by atoms with Gasteiger partial charge in [-0.15, -0.1) is 0 Å². The van der Waals surface area contributed by atoms with Gasteiger partial charge in [0.15, 0.2) is 0 Å². The topological polar surface area (TPSA) is 109 Å². The van der Waals surface area contributed by atoms with Crippen LogP contribution in [0.5, 0.6) is 0 Å². The van der Waals surface area contributed by atoms with Gasteiger partial charge >= 0.3 is 5.97 Å². The third kappa shape index (κ3) is 18.9. The van der Waals surface area contributed by atoms with E-state index in [1.54, 1.807) is 21.3 Å². The molecule has 2 saturated heterocycles. The molecular weight excluding hydrogens is 913 g/mol. The van der Waals surface area contributed by atoms with Crippen molar-refractivity contribution >= 4 is 24.7 Å². The van der Waals surface area contributed by atoms with E-state index in [1.807, 2.05) is 19.1 Å². The van der Waals surface area contributed by atoms with E-state index in [1.165, 1.54) is 55.3 Å². The number of carbonyl (C=O) groups excluding carboxylic acids is 1. The molecule has 9 atom stereocenters. The fraction of sp³-hybridized carbons (Fsp3) is 0.678. The Morgan fingerprint density at radius 2 is 1.34 bits per heavy atom. The van der Waals surface area contributed by atoms with Gasteiger partial charge in [-0.1, -0.05) is 158 Å². The molecule has 71 heavy (non-hydrogen) atoms. The molecule has 0 aliphatic carbocycles. The van der Waals surface area contributed by atoms with E-state index in [2.05, 4.69) is 106 Å². The van der Waals surface area contributed by atoms with Crippen LogP contribution in [0.3, 0.4) is 0 Å². The van der Waals surface area contributed by atoms with Crippen molar-refractivity contribution in [1.82, 2.24) is 0 Å². The van der Waals surface area contributed by atoms with Gasteiger partial charge in [0.05, 0.1) is 48.8 Å². The third-order valence-corrected chi connectivity index (χ3v) is 19.3. The average molecular weight is 1000 g/mol. The van der Waals surface area contributed by atoms with Crippen LogP contribution in [-0.4, -0.2) is 111 Å². The van der Waals surface area contributed by atoms with Crippen LogP contribution in [0.15, 0.2) is 84.5 Å². The summed E-state index contributed by atoms with van der Waals surface area (Å²) in [6.07, 6.45) is 23.8. The molecule has 0 N–H and O–H groups in total. The van der Waals surface area contributed by atoms with Crippen molar-refractivity contribution in [1.29, 1.82) is 0 Å². The number of carbonyl (C=O) groups is 1. The second-order valence-corrected chi connectivity index (χ2v) is 25.0. The SMILES string of the molecule is CCCCCCCCCC[C@@H]1O[C@H]([C@H](CC[C@H](OCOC)[C@@H]2CC[C@@H](CC#C/C=C/CC[C@H](CC3=C[C@H](C)OC3=O)O[Si](c3ccccc3)(c3ccccc3)C(C)(C)C)O2)OCOC)CC[C@H]1OCOC. The standard InChI is InChI=1S/C59H90O11Si/c1-9-10-11-12-13-14-18-27-34-55-52(64-43-61-6)39-40-57(69-55)54(66-45-63-8)38-37-53(65-44-62-7)56-36-35-48(68-56)28-21-16-15-17-22-29-49(42-47-41-46(2)67-58(47)60)70-71(59(3,4)5,50-30-23-19-24-31-50)51-32-25-20-26-33-51/h15,17,19-20,23-26,30-33,41,46,48-49,52-57H,9-14,18,22,27-29,34-40,42-45H2,1-8H3/b17-15+/t46-,48+,49+,52+,53-,54-,55-,56-,57-/m0/s1. The first-order valence-corrected chi connectivity index (χ1v) is 28.9. The van der Waals surface area contributed by atoms with Gasteiger partial charge < -0.3 is 47.1 Å². The van der Waals surface area contributed by atoms with E-state index in [0.29, 0.717) is 18.4 Å². The predicted molar refractivity (Wildman–Crippen MR) is 284 cm³/mol. The molecule has 0 saturated carbocycles. The predicted octanol–water partition coefficient (Wildman–Crippen LogP) is 11.3. The van der Waals surface area contributed by atoms with Crippen molar-refractivity contribution in [2.75, 3.05) is 41.7 Å². The first-order chi connectivity index (χ1) is 34.5. The lowest BCUT2D eigenvalue weighted by molar-refractivity contribution is -0.211. The van der Waals surface area contributed by atoms with Crippen LogP contribution in [0.1, 0.15) is 157 Å². The number of hydrogen-bond acceptors (Lipinski definition) is 11. The van der Waals surface area contributed by atoms with Gasteiger partial charge in [0.25, 0.3) is 8.32 Å². The number of esters is 1. The van der Waals surface area contributed by atoms with Crippen molar-refractivity contribution in [3.8, 4) is 11.8 Å². The second kappa shape index (κ2) is 32.2. The largest absolute Gasteiger partial charge is 0.455 e. The molecule has 5 rings (SSSR count). The van der Waals surface area contributed by atoms with Crippen molar-refractivity contribution in [3.05, 3.63) is 84.5 Å². The summed E-state index contributed by atoms with van der Waals surface area (Å²) in [5, 5.41) is 2.23. The Kier molecular flexibility index (Phi) is 26.6. The summed E-state index contributed by atoms with van der Waals surface area (Å²) < 4.78 is 61.5. The zero-order valence-corrected chi connectivity index (χ0v) is 45.7. The molecule has 2 fully saturated rings. The molecule has 11 nitrogen and oxygen atoms in total. The number of ether oxygens (including phenoxy) is 9. The van der Waals surface area contributed by atoms with E-state index < -0.39 is 8.32 Å². The maximum Gasteiger partial charge on any atom is 0.334 e. The molecule has 396 valence electrons. The number of benzene rings is 2. The lowest BCUT2D eigenvalue weighted by atomic mass is 9.92. The van der Waals surface area contributed by atoms with Crippen molar-refractivity contribution < 1.29 is 51.9 Å². The van der Waals surface area contributed by atoms with Crippen LogP contribution < -0.4 is 10.4 Å².